The third-order valence-electron chi connectivity index (χ3n) is 4.53. The minimum atomic E-state index is 0.480. The summed E-state index contributed by atoms with van der Waals surface area (Å²) in [5.74, 6) is 0. The molecule has 0 unspecified atom stereocenters. The molecule has 0 bridgehead atoms. The summed E-state index contributed by atoms with van der Waals surface area (Å²) in [6.07, 6.45) is 6.51. The summed E-state index contributed by atoms with van der Waals surface area (Å²) >= 11 is 0. The van der Waals surface area contributed by atoms with Crippen LogP contribution in [0, 0.1) is 6.92 Å². The van der Waals surface area contributed by atoms with Gasteiger partial charge in [-0.25, -0.2) is 0 Å². The molecule has 122 valence electrons. The van der Waals surface area contributed by atoms with Crippen LogP contribution in [0.25, 0.3) is 10.9 Å². The van der Waals surface area contributed by atoms with Crippen molar-refractivity contribution in [2.24, 2.45) is 0 Å². The van der Waals surface area contributed by atoms with Gasteiger partial charge in [0.05, 0.1) is 5.69 Å². The molecule has 2 N–H and O–H groups in total. The van der Waals surface area contributed by atoms with E-state index < -0.39 is 0 Å². The van der Waals surface area contributed by atoms with Crippen LogP contribution in [0.5, 0.6) is 0 Å². The van der Waals surface area contributed by atoms with Crippen molar-refractivity contribution in [1.29, 1.82) is 0 Å². The molecule has 1 atom stereocenters. The van der Waals surface area contributed by atoms with Gasteiger partial charge in [0.15, 0.2) is 0 Å². The van der Waals surface area contributed by atoms with Crippen molar-refractivity contribution in [1.82, 2.24) is 20.1 Å². The topological polar surface area (TPSA) is 45.6 Å². The summed E-state index contributed by atoms with van der Waals surface area (Å²) in [4.78, 5) is 3.35. The minimum absolute atomic E-state index is 0.480. The van der Waals surface area contributed by atoms with Crippen LogP contribution in [0.4, 0.5) is 0 Å². The Morgan fingerprint density at radius 3 is 2.87 bits per heavy atom. The summed E-state index contributed by atoms with van der Waals surface area (Å²) < 4.78 is 2.00. The molecule has 2 aromatic heterocycles. The summed E-state index contributed by atoms with van der Waals surface area (Å²) in [6, 6.07) is 8.99. The number of benzene rings is 1. The van der Waals surface area contributed by atoms with E-state index in [9.17, 15) is 0 Å². The minimum Gasteiger partial charge on any atom is -0.361 e. The van der Waals surface area contributed by atoms with Crippen LogP contribution in [-0.4, -0.2) is 20.8 Å². The second kappa shape index (κ2) is 7.01. The van der Waals surface area contributed by atoms with Gasteiger partial charge in [-0.2, -0.15) is 5.10 Å². The van der Waals surface area contributed by atoms with E-state index in [0.29, 0.717) is 6.04 Å². The zero-order valence-electron chi connectivity index (χ0n) is 14.3. The molecule has 4 heteroatoms. The summed E-state index contributed by atoms with van der Waals surface area (Å²) in [7, 11) is 0. The lowest BCUT2D eigenvalue weighted by molar-refractivity contribution is 0.514. The Morgan fingerprint density at radius 2 is 2.09 bits per heavy atom. The number of aromatic amines is 1. The van der Waals surface area contributed by atoms with E-state index in [-0.39, 0.29) is 0 Å². The van der Waals surface area contributed by atoms with Crippen molar-refractivity contribution in [3.63, 3.8) is 0 Å². The Kier molecular flexibility index (Phi) is 4.82. The maximum atomic E-state index is 4.50. The van der Waals surface area contributed by atoms with E-state index in [2.05, 4.69) is 72.8 Å². The molecule has 23 heavy (non-hydrogen) atoms. The van der Waals surface area contributed by atoms with Crippen molar-refractivity contribution in [2.75, 3.05) is 0 Å². The monoisotopic (exact) mass is 310 g/mol. The van der Waals surface area contributed by atoms with Crippen LogP contribution in [0.2, 0.25) is 0 Å². The van der Waals surface area contributed by atoms with Gasteiger partial charge in [-0.15, -0.1) is 0 Å². The van der Waals surface area contributed by atoms with E-state index in [1.165, 1.54) is 22.0 Å². The largest absolute Gasteiger partial charge is 0.361 e. The maximum Gasteiger partial charge on any atom is 0.0638 e. The molecule has 0 amide bonds. The fourth-order valence-electron chi connectivity index (χ4n) is 2.99. The van der Waals surface area contributed by atoms with Gasteiger partial charge in [0, 0.05) is 48.0 Å². The number of aromatic nitrogens is 3. The summed E-state index contributed by atoms with van der Waals surface area (Å²) in [5, 5.41) is 9.47. The molecule has 0 aliphatic carbocycles. The molecule has 0 aliphatic rings. The quantitative estimate of drug-likeness (QED) is 0.697. The van der Waals surface area contributed by atoms with Crippen molar-refractivity contribution in [3.05, 3.63) is 53.5 Å². The number of rotatable bonds is 7. The number of nitrogens with zero attached hydrogens (tertiary/aromatic N) is 2. The highest BCUT2D eigenvalue weighted by molar-refractivity contribution is 5.82. The molecule has 0 saturated carbocycles. The molecule has 0 aliphatic heterocycles. The molecule has 3 aromatic rings. The average Bonchev–Trinajstić information content (AvgIpc) is 3.14. The van der Waals surface area contributed by atoms with E-state index in [1.54, 1.807) is 0 Å². The van der Waals surface area contributed by atoms with Gasteiger partial charge >= 0.3 is 0 Å². The average molecular weight is 310 g/mol. The Balaban J connectivity index is 1.53. The van der Waals surface area contributed by atoms with Gasteiger partial charge in [0.25, 0.3) is 0 Å². The molecular formula is C19H26N4. The first-order valence-corrected chi connectivity index (χ1v) is 8.48. The molecule has 2 heterocycles. The zero-order chi connectivity index (χ0) is 16.2. The molecule has 0 spiro atoms. The normalized spacial score (nSPS) is 12.8. The van der Waals surface area contributed by atoms with Crippen LogP contribution in [-0.2, 0) is 19.5 Å². The van der Waals surface area contributed by atoms with Crippen molar-refractivity contribution in [2.45, 2.75) is 52.7 Å². The molecule has 1 aromatic carbocycles. The molecule has 3 rings (SSSR count). The molecule has 0 radical (unpaired) electrons. The van der Waals surface area contributed by atoms with E-state index in [4.69, 9.17) is 0 Å². The Morgan fingerprint density at radius 1 is 1.26 bits per heavy atom. The number of H-pyrrole nitrogens is 1. The first-order chi connectivity index (χ1) is 11.2. The highest BCUT2D eigenvalue weighted by atomic mass is 15.3. The number of aryl methyl sites for hydroxylation is 3. The number of hydrogen-bond donors (Lipinski definition) is 2. The highest BCUT2D eigenvalue weighted by Gasteiger charge is 2.08. The third kappa shape index (κ3) is 3.64. The Labute approximate surface area is 137 Å². The van der Waals surface area contributed by atoms with Gasteiger partial charge in [0.2, 0.25) is 0 Å². The lowest BCUT2D eigenvalue weighted by atomic mass is 10.1. The van der Waals surface area contributed by atoms with Crippen molar-refractivity contribution >= 4 is 10.9 Å². The van der Waals surface area contributed by atoms with Crippen LogP contribution in [0.3, 0.4) is 0 Å². The van der Waals surface area contributed by atoms with Crippen LogP contribution < -0.4 is 5.32 Å². The Hall–Kier alpha value is -2.07. The lowest BCUT2D eigenvalue weighted by Gasteiger charge is -2.13. The third-order valence-corrected chi connectivity index (χ3v) is 4.53. The molecule has 0 saturated heterocycles. The first-order valence-electron chi connectivity index (χ1n) is 8.48. The fourth-order valence-corrected chi connectivity index (χ4v) is 2.99. The first kappa shape index (κ1) is 15.8. The molecular weight excluding hydrogens is 284 g/mol. The summed E-state index contributed by atoms with van der Waals surface area (Å²) in [6.45, 7) is 8.28. The predicted molar refractivity (Wildman–Crippen MR) is 95.6 cm³/mol. The fraction of sp³-hybridized carbons (Fsp3) is 0.421. The van der Waals surface area contributed by atoms with Crippen LogP contribution >= 0.6 is 0 Å². The van der Waals surface area contributed by atoms with Gasteiger partial charge in [0.1, 0.15) is 0 Å². The van der Waals surface area contributed by atoms with Gasteiger partial charge in [-0.05, 0) is 45.2 Å². The highest BCUT2D eigenvalue weighted by Crippen LogP contribution is 2.19. The smallest absolute Gasteiger partial charge is 0.0638 e. The van der Waals surface area contributed by atoms with Crippen LogP contribution in [0.15, 0.2) is 36.7 Å². The van der Waals surface area contributed by atoms with Crippen molar-refractivity contribution in [3.8, 4) is 0 Å². The molecule has 4 nitrogen and oxygen atoms in total. The standard InChI is InChI=1S/C19H26N4/c1-4-23-13-17(15(3)22-23)12-20-14(2)9-10-16-11-21-19-8-6-5-7-18(16)19/h5-8,11,13-14,20-21H,4,9-10,12H2,1-3H3/t14-/m1/s1. The van der Waals surface area contributed by atoms with Gasteiger partial charge < -0.3 is 10.3 Å². The second-order valence-corrected chi connectivity index (χ2v) is 6.28. The SMILES string of the molecule is CCn1cc(CN[C@H](C)CCc2c[nH]c3ccccc23)c(C)n1. The van der Waals surface area contributed by atoms with Crippen molar-refractivity contribution < 1.29 is 0 Å². The number of hydrogen-bond acceptors (Lipinski definition) is 2. The van der Waals surface area contributed by atoms with E-state index in [1.807, 2.05) is 4.68 Å². The van der Waals surface area contributed by atoms with Gasteiger partial charge in [-0.3, -0.25) is 4.68 Å². The number of para-hydroxylation sites is 1. The lowest BCUT2D eigenvalue weighted by Crippen LogP contribution is -2.26. The number of fused-ring (bicyclic) bond motifs is 1. The van der Waals surface area contributed by atoms with E-state index in [0.717, 1.165) is 31.6 Å². The maximum absolute atomic E-state index is 4.50. The van der Waals surface area contributed by atoms with Gasteiger partial charge in [-0.1, -0.05) is 18.2 Å². The summed E-state index contributed by atoms with van der Waals surface area (Å²) in [5.41, 5.74) is 5.06. The second-order valence-electron chi connectivity index (χ2n) is 6.28. The predicted octanol–water partition coefficient (Wildman–Crippen LogP) is 3.80. The zero-order valence-corrected chi connectivity index (χ0v) is 14.3. The van der Waals surface area contributed by atoms with E-state index >= 15 is 0 Å². The molecule has 0 fully saturated rings. The Bertz CT molecular complexity index is 769. The number of nitrogens with one attached hydrogen (secondary N) is 2. The van der Waals surface area contributed by atoms with Crippen LogP contribution in [0.1, 0.15) is 37.1 Å².